The Balaban J connectivity index is 0.00000253. The molecule has 1 fully saturated rings. The zero-order chi connectivity index (χ0) is 26.5. The Bertz CT molecular complexity index is 1400. The zero-order valence-electron chi connectivity index (χ0n) is 20.5. The Labute approximate surface area is 285 Å². The second-order valence-electron chi connectivity index (χ2n) is 7.29. The van der Waals surface area contributed by atoms with Crippen LogP contribution in [0.25, 0.3) is 22.2 Å². The van der Waals surface area contributed by atoms with Crippen LogP contribution in [-0.2, 0) is 31.6 Å². The molecule has 5 N–H and O–H groups in total. The minimum absolute atomic E-state index is 0. The van der Waals surface area contributed by atoms with Gasteiger partial charge in [-0.2, -0.15) is 0 Å². The van der Waals surface area contributed by atoms with Gasteiger partial charge in [0, 0.05) is 17.3 Å². The van der Waals surface area contributed by atoms with Gasteiger partial charge in [-0.15, -0.1) is 0 Å². The maximum Gasteiger partial charge on any atom is 1.00 e. The summed E-state index contributed by atoms with van der Waals surface area (Å²) in [5.41, 5.74) is 7.24. The van der Waals surface area contributed by atoms with Crippen LogP contribution < -0.4 is 109 Å². The summed E-state index contributed by atoms with van der Waals surface area (Å²) in [5.74, 6) is 0.0853. The zero-order valence-corrected chi connectivity index (χ0v) is 29.2. The SMILES string of the molecule is Nc1ncnc2c1c(-c1ccoc1)cn2[C@@H]1O[C@H](COP(=O)([O-])OP(=O)([O-])OP(=O)([O-])O)C(O)[C@@H]1O.[Na+].[Na+].[Na+]. The molecule has 0 aliphatic carbocycles. The first-order chi connectivity index (χ1) is 16.7. The van der Waals surface area contributed by atoms with E-state index in [1.165, 1.54) is 23.3 Å². The molecule has 24 heteroatoms. The summed E-state index contributed by atoms with van der Waals surface area (Å²) in [6, 6.07) is 1.62. The van der Waals surface area contributed by atoms with Gasteiger partial charge in [0.15, 0.2) is 6.23 Å². The fourth-order valence-electron chi connectivity index (χ4n) is 3.49. The summed E-state index contributed by atoms with van der Waals surface area (Å²) in [4.78, 5) is 50.1. The van der Waals surface area contributed by atoms with E-state index in [1.54, 1.807) is 6.07 Å². The van der Waals surface area contributed by atoms with E-state index in [9.17, 15) is 38.6 Å². The van der Waals surface area contributed by atoms with E-state index in [0.717, 1.165) is 6.33 Å². The summed E-state index contributed by atoms with van der Waals surface area (Å²) in [7, 11) is -17.8. The van der Waals surface area contributed by atoms with Gasteiger partial charge in [0.05, 0.1) is 24.5 Å². The van der Waals surface area contributed by atoms with Crippen LogP contribution in [0.5, 0.6) is 0 Å². The first kappa shape index (κ1) is 38.0. The van der Waals surface area contributed by atoms with E-state index in [4.69, 9.17) is 19.8 Å². The van der Waals surface area contributed by atoms with Crippen molar-refractivity contribution in [3.63, 3.8) is 0 Å². The van der Waals surface area contributed by atoms with Crippen molar-refractivity contribution in [1.82, 2.24) is 14.5 Å². The molecule has 1 aliphatic rings. The first-order valence-corrected chi connectivity index (χ1v) is 14.0. The van der Waals surface area contributed by atoms with Gasteiger partial charge in [0.25, 0.3) is 23.5 Å². The van der Waals surface area contributed by atoms with E-state index in [2.05, 4.69) is 23.1 Å². The summed E-state index contributed by atoms with van der Waals surface area (Å²) in [6.07, 6.45) is -0.881. The summed E-state index contributed by atoms with van der Waals surface area (Å²) in [6.45, 7) is -1.07. The molecule has 4 rings (SSSR count). The second kappa shape index (κ2) is 14.6. The fraction of sp³-hybridized carbons (Fsp3) is 0.333. The van der Waals surface area contributed by atoms with Gasteiger partial charge < -0.3 is 53.8 Å². The van der Waals surface area contributed by atoms with Gasteiger partial charge in [-0.05, 0) is 6.07 Å². The molecular formula is C15H16N4Na3O14P3. The van der Waals surface area contributed by atoms with Crippen LogP contribution in [0.4, 0.5) is 5.82 Å². The molecule has 0 saturated carbocycles. The molecule has 0 spiro atoms. The summed E-state index contributed by atoms with van der Waals surface area (Å²) >= 11 is 0. The summed E-state index contributed by atoms with van der Waals surface area (Å²) < 4.78 is 56.6. The molecule has 4 unspecified atom stereocenters. The van der Waals surface area contributed by atoms with Crippen molar-refractivity contribution in [2.24, 2.45) is 0 Å². The van der Waals surface area contributed by atoms with E-state index >= 15 is 0 Å². The number of nitrogen functional groups attached to an aromatic ring is 1. The molecule has 3 aromatic heterocycles. The predicted molar refractivity (Wildman–Crippen MR) is 109 cm³/mol. The molecule has 0 amide bonds. The molecule has 0 radical (unpaired) electrons. The van der Waals surface area contributed by atoms with Crippen LogP contribution in [-0.4, -0.2) is 54.6 Å². The second-order valence-corrected chi connectivity index (χ2v) is 11.6. The number of phosphoric ester groups is 1. The van der Waals surface area contributed by atoms with Gasteiger partial charge in [-0.1, -0.05) is 0 Å². The van der Waals surface area contributed by atoms with Gasteiger partial charge in [-0.3, -0.25) is 13.7 Å². The molecule has 3 aromatic rings. The number of aliphatic hydroxyl groups is 2. The Morgan fingerprint density at radius 3 is 2.31 bits per heavy atom. The molecule has 0 aromatic carbocycles. The van der Waals surface area contributed by atoms with Gasteiger partial charge >= 0.3 is 88.7 Å². The van der Waals surface area contributed by atoms with Crippen LogP contribution >= 0.6 is 23.5 Å². The first-order valence-electron chi connectivity index (χ1n) is 9.56. The quantitative estimate of drug-likeness (QED) is 0.125. The molecule has 198 valence electrons. The van der Waals surface area contributed by atoms with Crippen molar-refractivity contribution in [3.8, 4) is 11.1 Å². The number of anilines is 1. The van der Waals surface area contributed by atoms with Gasteiger partial charge in [-0.25, -0.2) is 18.6 Å². The average molecular weight is 638 g/mol. The van der Waals surface area contributed by atoms with Gasteiger partial charge in [0.1, 0.15) is 36.1 Å². The molecule has 39 heavy (non-hydrogen) atoms. The normalized spacial score (nSPS) is 25.4. The maximum atomic E-state index is 11.8. The molecule has 0 bridgehead atoms. The number of aromatic nitrogens is 3. The maximum absolute atomic E-state index is 11.8. The fourth-order valence-corrected chi connectivity index (χ4v) is 6.38. The van der Waals surface area contributed by atoms with Crippen molar-refractivity contribution in [2.45, 2.75) is 24.5 Å². The third-order valence-corrected chi connectivity index (χ3v) is 8.57. The van der Waals surface area contributed by atoms with Crippen molar-refractivity contribution < 1.29 is 154 Å². The summed E-state index contributed by atoms with van der Waals surface area (Å²) in [5, 5.41) is 21.3. The van der Waals surface area contributed by atoms with E-state index < -0.39 is 54.6 Å². The third kappa shape index (κ3) is 9.24. The molecule has 18 nitrogen and oxygen atoms in total. The number of furan rings is 1. The number of nitrogens with two attached hydrogens (primary N) is 1. The van der Waals surface area contributed by atoms with Crippen LogP contribution in [0.15, 0.2) is 35.5 Å². The number of phosphoric acid groups is 3. The molecule has 1 saturated heterocycles. The van der Waals surface area contributed by atoms with Crippen molar-refractivity contribution in [3.05, 3.63) is 31.1 Å². The third-order valence-electron chi connectivity index (χ3n) is 4.88. The van der Waals surface area contributed by atoms with E-state index in [-0.39, 0.29) is 100 Å². The number of rotatable bonds is 9. The van der Waals surface area contributed by atoms with Crippen LogP contribution in [0.1, 0.15) is 6.23 Å². The minimum atomic E-state index is -6.10. The molecular weight excluding hydrogens is 622 g/mol. The monoisotopic (exact) mass is 638 g/mol. The Morgan fingerprint density at radius 2 is 1.72 bits per heavy atom. The number of hydrogen-bond donors (Lipinski definition) is 4. The molecule has 1 aliphatic heterocycles. The number of nitrogens with zero attached hydrogens (tertiary/aromatic N) is 3. The average Bonchev–Trinajstić information content (AvgIpc) is 3.44. The minimum Gasteiger partial charge on any atom is -0.756 e. The van der Waals surface area contributed by atoms with E-state index in [0.29, 0.717) is 16.5 Å². The van der Waals surface area contributed by atoms with Crippen molar-refractivity contribution in [2.75, 3.05) is 12.3 Å². The number of aliphatic hydroxyl groups excluding tert-OH is 2. The Morgan fingerprint density at radius 1 is 1.05 bits per heavy atom. The number of ether oxygens (including phenoxy) is 1. The number of hydrogen-bond acceptors (Lipinski definition) is 16. The Kier molecular flexibility index (Phi) is 14.3. The van der Waals surface area contributed by atoms with Gasteiger partial charge in [0.2, 0.25) is 0 Å². The standard InChI is InChI=1S/C15H19N4O14P3.3Na/c16-13-10-8(7-1-2-29-4-7)3-19(14(10)18-6-17-13)15-12(21)11(20)9(31-15)5-30-35(25,26)33-36(27,28)32-34(22,23)24;;;/h1-4,6,9,11-12,15,20-21H,5H2,(H,25,26)(H,27,28)(H2,16,17,18)(H2,22,23,24);;;/q;3*+1/p-3/t9-,11?,12+,15-;;;/m1.../s1. The van der Waals surface area contributed by atoms with Crippen LogP contribution in [0, 0.1) is 0 Å². The van der Waals surface area contributed by atoms with Crippen LogP contribution in [0.2, 0.25) is 0 Å². The molecule has 7 atom stereocenters. The largest absolute Gasteiger partial charge is 1.00 e. The Hall–Kier alpha value is 0.990. The van der Waals surface area contributed by atoms with Crippen molar-refractivity contribution in [1.29, 1.82) is 0 Å². The predicted octanol–water partition coefficient (Wildman–Crippen LogP) is -10.6. The molecule has 4 heterocycles. The van der Waals surface area contributed by atoms with Crippen molar-refractivity contribution >= 4 is 40.3 Å². The van der Waals surface area contributed by atoms with E-state index in [1.807, 2.05) is 0 Å². The van der Waals surface area contributed by atoms with Crippen LogP contribution in [0.3, 0.4) is 0 Å². The smallest absolute Gasteiger partial charge is 0.756 e. The number of fused-ring (bicyclic) bond motifs is 1. The topological polar surface area (TPSA) is 288 Å².